The zero-order valence-electron chi connectivity index (χ0n) is 12.7. The monoisotopic (exact) mass is 321 g/mol. The molecular weight excluding hydrogens is 306 g/mol. The first kappa shape index (κ1) is 15.6. The molecule has 0 spiro atoms. The molecule has 0 saturated heterocycles. The Balaban J connectivity index is 2.24. The molecule has 120 valence electrons. The van der Waals surface area contributed by atoms with Crippen LogP contribution < -0.4 is 5.43 Å². The Morgan fingerprint density at radius 3 is 1.83 bits per heavy atom. The molecule has 1 heterocycles. The van der Waals surface area contributed by atoms with Crippen LogP contribution in [0.25, 0.3) is 0 Å². The predicted molar refractivity (Wildman–Crippen MR) is 89.5 cm³/mol. The first-order valence-corrected chi connectivity index (χ1v) is 7.36. The van der Waals surface area contributed by atoms with E-state index in [0.717, 1.165) is 11.1 Å². The normalized spacial score (nSPS) is 10.7. The van der Waals surface area contributed by atoms with Crippen LogP contribution in [-0.2, 0) is 0 Å². The van der Waals surface area contributed by atoms with E-state index in [2.05, 4.69) is 0 Å². The van der Waals surface area contributed by atoms with Gasteiger partial charge < -0.3 is 14.8 Å². The topological polar surface area (TPSA) is 79.5 Å². The van der Waals surface area contributed by atoms with Crippen LogP contribution >= 0.6 is 0 Å². The second-order valence-electron chi connectivity index (χ2n) is 5.36. The maximum absolute atomic E-state index is 11.8. The van der Waals surface area contributed by atoms with Gasteiger partial charge in [0.25, 0.3) is 0 Å². The minimum atomic E-state index is -1.37. The number of rotatable bonds is 4. The number of carboxylic acid groups (broad SMARTS) is 1. The summed E-state index contributed by atoms with van der Waals surface area (Å²) in [6.45, 7) is 0. The number of carbonyl (C=O) groups is 1. The van der Waals surface area contributed by atoms with E-state index in [1.165, 1.54) is 12.4 Å². The molecule has 0 saturated carbocycles. The van der Waals surface area contributed by atoms with E-state index in [9.17, 15) is 19.8 Å². The molecule has 0 radical (unpaired) electrons. The fraction of sp³-hybridized carbons (Fsp3) is 0.0526. The van der Waals surface area contributed by atoms with E-state index in [4.69, 9.17) is 0 Å². The number of hydrogen-bond donors (Lipinski definition) is 2. The van der Waals surface area contributed by atoms with Gasteiger partial charge in [-0.1, -0.05) is 60.7 Å². The van der Waals surface area contributed by atoms with Crippen LogP contribution in [0.5, 0.6) is 5.75 Å². The summed E-state index contributed by atoms with van der Waals surface area (Å²) in [5, 5.41) is 19.1. The Labute approximate surface area is 138 Å². The van der Waals surface area contributed by atoms with Crippen LogP contribution in [0.2, 0.25) is 0 Å². The molecule has 5 heteroatoms. The van der Waals surface area contributed by atoms with Gasteiger partial charge in [0, 0.05) is 6.20 Å². The Bertz CT molecular complexity index is 878. The number of benzene rings is 2. The van der Waals surface area contributed by atoms with Crippen LogP contribution in [0.15, 0.2) is 77.9 Å². The average molecular weight is 321 g/mol. The Morgan fingerprint density at radius 1 is 0.875 bits per heavy atom. The minimum absolute atomic E-state index is 0.364. The summed E-state index contributed by atoms with van der Waals surface area (Å²) in [6.07, 6.45) is 2.52. The fourth-order valence-electron chi connectivity index (χ4n) is 2.69. The third-order valence-electron chi connectivity index (χ3n) is 3.79. The first-order valence-electron chi connectivity index (χ1n) is 7.36. The van der Waals surface area contributed by atoms with Gasteiger partial charge in [-0.15, -0.1) is 0 Å². The molecule has 5 nitrogen and oxygen atoms in total. The third-order valence-corrected chi connectivity index (χ3v) is 3.79. The third kappa shape index (κ3) is 2.92. The van der Waals surface area contributed by atoms with Crippen molar-refractivity contribution in [2.45, 2.75) is 6.04 Å². The highest BCUT2D eigenvalue weighted by Gasteiger charge is 2.20. The van der Waals surface area contributed by atoms with Crippen LogP contribution in [0.1, 0.15) is 27.5 Å². The summed E-state index contributed by atoms with van der Waals surface area (Å²) in [4.78, 5) is 23.1. The van der Waals surface area contributed by atoms with Crippen LogP contribution in [0, 0.1) is 0 Å². The van der Waals surface area contributed by atoms with Crippen LogP contribution in [-0.4, -0.2) is 20.7 Å². The lowest BCUT2D eigenvalue weighted by molar-refractivity contribution is 0.0693. The first-order chi connectivity index (χ1) is 11.6. The molecule has 0 unspecified atom stereocenters. The molecule has 0 atom stereocenters. The van der Waals surface area contributed by atoms with E-state index in [1.807, 2.05) is 60.7 Å². The van der Waals surface area contributed by atoms with Gasteiger partial charge in [0.05, 0.1) is 12.2 Å². The molecule has 0 aliphatic carbocycles. The molecule has 0 aliphatic rings. The largest absolute Gasteiger partial charge is 0.503 e. The number of pyridine rings is 1. The van der Waals surface area contributed by atoms with Crippen LogP contribution in [0.3, 0.4) is 0 Å². The van der Waals surface area contributed by atoms with Crippen molar-refractivity contribution in [3.05, 3.63) is 100.0 Å². The van der Waals surface area contributed by atoms with Crippen molar-refractivity contribution < 1.29 is 15.0 Å². The number of aromatic nitrogens is 1. The Kier molecular flexibility index (Phi) is 4.16. The van der Waals surface area contributed by atoms with E-state index < -0.39 is 22.7 Å². The van der Waals surface area contributed by atoms with Crippen molar-refractivity contribution in [1.82, 2.24) is 4.57 Å². The summed E-state index contributed by atoms with van der Waals surface area (Å²) in [5.41, 5.74) is 0.455. The van der Waals surface area contributed by atoms with Gasteiger partial charge in [-0.2, -0.15) is 0 Å². The maximum Gasteiger partial charge on any atom is 0.341 e. The zero-order valence-corrected chi connectivity index (χ0v) is 12.7. The minimum Gasteiger partial charge on any atom is -0.503 e. The molecular formula is C19H15NO4. The molecule has 0 amide bonds. The van der Waals surface area contributed by atoms with Gasteiger partial charge in [0.1, 0.15) is 5.56 Å². The summed E-state index contributed by atoms with van der Waals surface area (Å²) in [5.74, 6) is -1.96. The summed E-state index contributed by atoms with van der Waals surface area (Å²) in [7, 11) is 0. The lowest BCUT2D eigenvalue weighted by atomic mass is 9.98. The van der Waals surface area contributed by atoms with Crippen molar-refractivity contribution in [1.29, 1.82) is 0 Å². The predicted octanol–water partition coefficient (Wildman–Crippen LogP) is 2.89. The second kappa shape index (κ2) is 6.42. The molecule has 2 aromatic carbocycles. The molecule has 3 aromatic rings. The van der Waals surface area contributed by atoms with Gasteiger partial charge in [-0.3, -0.25) is 4.79 Å². The SMILES string of the molecule is O=C(O)c1cn(C(c2ccccc2)c2ccccc2)cc(O)c1=O. The van der Waals surface area contributed by atoms with Crippen LogP contribution in [0.4, 0.5) is 0 Å². The highest BCUT2D eigenvalue weighted by Crippen LogP contribution is 2.27. The zero-order chi connectivity index (χ0) is 17.1. The van der Waals surface area contributed by atoms with Gasteiger partial charge in [-0.25, -0.2) is 4.79 Å². The van der Waals surface area contributed by atoms with Crippen molar-refractivity contribution >= 4 is 5.97 Å². The molecule has 0 fully saturated rings. The Hall–Kier alpha value is -3.34. The molecule has 3 rings (SSSR count). The summed E-state index contributed by atoms with van der Waals surface area (Å²) < 4.78 is 1.55. The number of nitrogens with zero attached hydrogens (tertiary/aromatic N) is 1. The van der Waals surface area contributed by atoms with Gasteiger partial charge >= 0.3 is 5.97 Å². The standard InChI is InChI=1S/C19H15NO4/c21-16-12-20(11-15(18(16)22)19(23)24)17(13-7-3-1-4-8-13)14-9-5-2-6-10-14/h1-12,17,21H,(H,23,24). The van der Waals surface area contributed by atoms with Gasteiger partial charge in [-0.05, 0) is 11.1 Å². The lowest BCUT2D eigenvalue weighted by Crippen LogP contribution is -2.20. The van der Waals surface area contributed by atoms with Crippen molar-refractivity contribution in [3.63, 3.8) is 0 Å². The van der Waals surface area contributed by atoms with Gasteiger partial charge in [0.2, 0.25) is 5.43 Å². The smallest absolute Gasteiger partial charge is 0.341 e. The number of aromatic hydroxyl groups is 1. The molecule has 2 N–H and O–H groups in total. The lowest BCUT2D eigenvalue weighted by Gasteiger charge is -2.22. The summed E-state index contributed by atoms with van der Waals surface area (Å²) >= 11 is 0. The summed E-state index contributed by atoms with van der Waals surface area (Å²) in [6, 6.07) is 18.6. The number of hydrogen-bond acceptors (Lipinski definition) is 3. The second-order valence-corrected chi connectivity index (χ2v) is 5.36. The van der Waals surface area contributed by atoms with E-state index in [1.54, 1.807) is 4.57 Å². The van der Waals surface area contributed by atoms with E-state index in [-0.39, 0.29) is 6.04 Å². The van der Waals surface area contributed by atoms with Gasteiger partial charge in [0.15, 0.2) is 5.75 Å². The molecule has 0 bridgehead atoms. The fourth-order valence-corrected chi connectivity index (χ4v) is 2.69. The Morgan fingerprint density at radius 2 is 1.38 bits per heavy atom. The van der Waals surface area contributed by atoms with Crippen molar-refractivity contribution in [2.24, 2.45) is 0 Å². The maximum atomic E-state index is 11.8. The quantitative estimate of drug-likeness (QED) is 0.774. The molecule has 24 heavy (non-hydrogen) atoms. The molecule has 1 aromatic heterocycles. The highest BCUT2D eigenvalue weighted by atomic mass is 16.4. The number of aromatic carboxylic acids is 1. The number of carboxylic acids is 1. The average Bonchev–Trinajstić information content (AvgIpc) is 2.60. The van der Waals surface area contributed by atoms with Crippen molar-refractivity contribution in [3.8, 4) is 5.75 Å². The van der Waals surface area contributed by atoms with Crippen molar-refractivity contribution in [2.75, 3.05) is 0 Å². The highest BCUT2D eigenvalue weighted by molar-refractivity contribution is 5.87. The van der Waals surface area contributed by atoms with E-state index in [0.29, 0.717) is 0 Å². The van der Waals surface area contributed by atoms with E-state index >= 15 is 0 Å². The molecule has 0 aliphatic heterocycles.